The molecule has 0 amide bonds. The topological polar surface area (TPSA) is 35.2 Å². The second-order valence-electron chi connectivity index (χ2n) is 5.05. The molecule has 0 aromatic heterocycles. The first-order chi connectivity index (χ1) is 8.15. The molecule has 2 nitrogen and oxygen atoms in total. The number of rotatable bonds is 5. The van der Waals surface area contributed by atoms with Gasteiger partial charge in [0.15, 0.2) is 11.6 Å². The van der Waals surface area contributed by atoms with Crippen molar-refractivity contribution in [3.63, 3.8) is 0 Å². The monoisotopic (exact) mass is 237 g/mol. The van der Waals surface area contributed by atoms with E-state index in [0.29, 0.717) is 24.7 Å². The van der Waals surface area contributed by atoms with Gasteiger partial charge in [-0.2, -0.15) is 0 Å². The maximum absolute atomic E-state index is 13.7. The molecular weight excluding hydrogens is 217 g/mol. The van der Waals surface area contributed by atoms with Crippen molar-refractivity contribution in [3.05, 3.63) is 29.6 Å². The molecule has 0 saturated heterocycles. The van der Waals surface area contributed by atoms with Crippen LogP contribution >= 0.6 is 0 Å². The number of hydrogen-bond acceptors (Lipinski definition) is 2. The van der Waals surface area contributed by atoms with Gasteiger partial charge < -0.3 is 10.5 Å². The first kappa shape index (κ1) is 12.4. The normalized spacial score (nSPS) is 17.6. The summed E-state index contributed by atoms with van der Waals surface area (Å²) < 4.78 is 19.2. The summed E-state index contributed by atoms with van der Waals surface area (Å²) in [6.45, 7) is 2.56. The summed E-state index contributed by atoms with van der Waals surface area (Å²) in [7, 11) is 0. The van der Waals surface area contributed by atoms with E-state index in [1.54, 1.807) is 6.07 Å². The number of hydrogen-bond donors (Lipinski definition) is 1. The number of nitrogens with two attached hydrogens (primary N) is 1. The quantitative estimate of drug-likeness (QED) is 0.854. The van der Waals surface area contributed by atoms with E-state index in [0.717, 1.165) is 5.56 Å². The SMILES string of the molecule is CC(N)Cc1ccc(OCC2CCC2)c(F)c1. The summed E-state index contributed by atoms with van der Waals surface area (Å²) >= 11 is 0. The minimum Gasteiger partial charge on any atom is -0.490 e. The zero-order chi connectivity index (χ0) is 12.3. The minimum atomic E-state index is -0.275. The largest absolute Gasteiger partial charge is 0.490 e. The molecule has 2 rings (SSSR count). The summed E-state index contributed by atoms with van der Waals surface area (Å²) in [5, 5.41) is 0. The lowest BCUT2D eigenvalue weighted by Crippen LogP contribution is -2.20. The fraction of sp³-hybridized carbons (Fsp3) is 0.571. The van der Waals surface area contributed by atoms with Crippen molar-refractivity contribution in [3.8, 4) is 5.75 Å². The highest BCUT2D eigenvalue weighted by Gasteiger charge is 2.18. The smallest absolute Gasteiger partial charge is 0.165 e. The lowest BCUT2D eigenvalue weighted by molar-refractivity contribution is 0.175. The fourth-order valence-electron chi connectivity index (χ4n) is 2.03. The molecule has 2 N–H and O–H groups in total. The van der Waals surface area contributed by atoms with Crippen molar-refractivity contribution in [1.82, 2.24) is 0 Å². The van der Waals surface area contributed by atoms with Crippen molar-refractivity contribution >= 4 is 0 Å². The van der Waals surface area contributed by atoms with Gasteiger partial charge in [0.1, 0.15) is 0 Å². The van der Waals surface area contributed by atoms with Crippen molar-refractivity contribution in [2.24, 2.45) is 11.7 Å². The van der Waals surface area contributed by atoms with E-state index < -0.39 is 0 Å². The zero-order valence-corrected chi connectivity index (χ0v) is 10.3. The lowest BCUT2D eigenvalue weighted by Gasteiger charge is -2.25. The van der Waals surface area contributed by atoms with Gasteiger partial charge in [-0.1, -0.05) is 12.5 Å². The van der Waals surface area contributed by atoms with Gasteiger partial charge in [0.05, 0.1) is 6.61 Å². The molecule has 1 aliphatic carbocycles. The van der Waals surface area contributed by atoms with Crippen LogP contribution in [0.25, 0.3) is 0 Å². The average molecular weight is 237 g/mol. The van der Waals surface area contributed by atoms with Gasteiger partial charge in [0.25, 0.3) is 0 Å². The van der Waals surface area contributed by atoms with E-state index in [1.165, 1.54) is 25.3 Å². The Kier molecular flexibility index (Phi) is 4.00. The average Bonchev–Trinajstić information content (AvgIpc) is 2.17. The summed E-state index contributed by atoms with van der Waals surface area (Å²) in [5.74, 6) is 0.714. The molecule has 1 aromatic rings. The Morgan fingerprint density at radius 3 is 2.76 bits per heavy atom. The maximum atomic E-state index is 13.7. The first-order valence-electron chi connectivity index (χ1n) is 6.32. The zero-order valence-electron chi connectivity index (χ0n) is 10.3. The standard InChI is InChI=1S/C14H20FNO/c1-10(16)7-12-5-6-14(13(15)8-12)17-9-11-3-2-4-11/h5-6,8,10-11H,2-4,7,9,16H2,1H3. The van der Waals surface area contributed by atoms with E-state index in [4.69, 9.17) is 10.5 Å². The molecular formula is C14H20FNO. The molecule has 17 heavy (non-hydrogen) atoms. The molecule has 0 bridgehead atoms. The van der Waals surface area contributed by atoms with Crippen LogP contribution in [0, 0.1) is 11.7 Å². The first-order valence-corrected chi connectivity index (χ1v) is 6.32. The van der Waals surface area contributed by atoms with Crippen LogP contribution in [0.3, 0.4) is 0 Å². The molecule has 1 saturated carbocycles. The van der Waals surface area contributed by atoms with Crippen molar-refractivity contribution in [2.45, 2.75) is 38.6 Å². The maximum Gasteiger partial charge on any atom is 0.165 e. The lowest BCUT2D eigenvalue weighted by atomic mass is 9.86. The second kappa shape index (κ2) is 5.50. The predicted octanol–water partition coefficient (Wildman–Crippen LogP) is 2.89. The molecule has 1 aromatic carbocycles. The Morgan fingerprint density at radius 2 is 2.24 bits per heavy atom. The molecule has 3 heteroatoms. The predicted molar refractivity (Wildman–Crippen MR) is 66.6 cm³/mol. The van der Waals surface area contributed by atoms with Crippen LogP contribution in [-0.4, -0.2) is 12.6 Å². The Balaban J connectivity index is 1.93. The van der Waals surface area contributed by atoms with E-state index in [9.17, 15) is 4.39 Å². The van der Waals surface area contributed by atoms with Gasteiger partial charge >= 0.3 is 0 Å². The molecule has 1 aliphatic rings. The third kappa shape index (κ3) is 3.43. The highest BCUT2D eigenvalue weighted by atomic mass is 19.1. The van der Waals surface area contributed by atoms with Crippen LogP contribution in [0.5, 0.6) is 5.75 Å². The molecule has 0 spiro atoms. The number of ether oxygens (including phenoxy) is 1. The van der Waals surface area contributed by atoms with Gasteiger partial charge in [-0.3, -0.25) is 0 Å². The molecule has 1 unspecified atom stereocenters. The highest BCUT2D eigenvalue weighted by molar-refractivity contribution is 5.29. The summed E-state index contributed by atoms with van der Waals surface area (Å²) in [6, 6.07) is 5.18. The fourth-order valence-corrected chi connectivity index (χ4v) is 2.03. The van der Waals surface area contributed by atoms with Crippen molar-refractivity contribution in [2.75, 3.05) is 6.61 Å². The molecule has 1 fully saturated rings. The molecule has 94 valence electrons. The third-order valence-corrected chi connectivity index (χ3v) is 3.25. The number of halogens is 1. The van der Waals surface area contributed by atoms with Gasteiger partial charge in [0, 0.05) is 6.04 Å². The summed E-state index contributed by atoms with van der Waals surface area (Å²) in [6.07, 6.45) is 4.40. The van der Waals surface area contributed by atoms with Gasteiger partial charge in [0.2, 0.25) is 0 Å². The number of benzene rings is 1. The van der Waals surface area contributed by atoms with Crippen LogP contribution in [-0.2, 0) is 6.42 Å². The highest BCUT2D eigenvalue weighted by Crippen LogP contribution is 2.28. The second-order valence-corrected chi connectivity index (χ2v) is 5.05. The van der Waals surface area contributed by atoms with Crippen LogP contribution in [0.2, 0.25) is 0 Å². The third-order valence-electron chi connectivity index (χ3n) is 3.25. The molecule has 1 atom stereocenters. The van der Waals surface area contributed by atoms with E-state index in [2.05, 4.69) is 0 Å². The van der Waals surface area contributed by atoms with E-state index in [-0.39, 0.29) is 11.9 Å². The van der Waals surface area contributed by atoms with Gasteiger partial charge in [-0.25, -0.2) is 4.39 Å². The van der Waals surface area contributed by atoms with Crippen LogP contribution < -0.4 is 10.5 Å². The Hall–Kier alpha value is -1.09. The van der Waals surface area contributed by atoms with Gasteiger partial charge in [-0.15, -0.1) is 0 Å². The van der Waals surface area contributed by atoms with E-state index >= 15 is 0 Å². The molecule has 0 aliphatic heterocycles. The molecule has 0 heterocycles. The summed E-state index contributed by atoms with van der Waals surface area (Å²) in [4.78, 5) is 0. The summed E-state index contributed by atoms with van der Waals surface area (Å²) in [5.41, 5.74) is 6.61. The van der Waals surface area contributed by atoms with Gasteiger partial charge in [-0.05, 0) is 49.8 Å². The van der Waals surface area contributed by atoms with Crippen LogP contribution in [0.15, 0.2) is 18.2 Å². The van der Waals surface area contributed by atoms with Crippen molar-refractivity contribution < 1.29 is 9.13 Å². The van der Waals surface area contributed by atoms with Crippen molar-refractivity contribution in [1.29, 1.82) is 0 Å². The Labute approximate surface area is 102 Å². The Bertz CT molecular complexity index is 374. The minimum absolute atomic E-state index is 0.0520. The van der Waals surface area contributed by atoms with Crippen LogP contribution in [0.1, 0.15) is 31.7 Å². The van der Waals surface area contributed by atoms with Crippen LogP contribution in [0.4, 0.5) is 4.39 Å². The molecule has 0 radical (unpaired) electrons. The van der Waals surface area contributed by atoms with E-state index in [1.807, 2.05) is 13.0 Å². The Morgan fingerprint density at radius 1 is 1.47 bits per heavy atom.